The molecule has 88 heavy (non-hydrogen) atoms. The molecule has 0 aromatic heterocycles. The number of hydrogen-bond donors (Lipinski definition) is 0. The van der Waals surface area contributed by atoms with Gasteiger partial charge in [0.2, 0.25) is 0 Å². The van der Waals surface area contributed by atoms with E-state index in [-0.39, 0.29) is 99.2 Å². The molecule has 23 fully saturated rings. The second-order valence-corrected chi connectivity index (χ2v) is 40.0. The smallest absolute Gasteiger partial charge is 0.167 e. The first-order valence-corrected chi connectivity index (χ1v) is 49.5. The van der Waals surface area contributed by atoms with Gasteiger partial charge in [0.1, 0.15) is 48.8 Å². The summed E-state index contributed by atoms with van der Waals surface area (Å²) in [4.78, 5) is 0. The number of thioether (sulfide) groups is 16. The molecule has 16 nitrogen and oxygen atoms in total. The highest BCUT2D eigenvalue weighted by Crippen LogP contribution is 2.32. The van der Waals surface area contributed by atoms with Crippen molar-refractivity contribution < 1.29 is 75.8 Å². The van der Waals surface area contributed by atoms with Gasteiger partial charge in [0.15, 0.2) is 50.3 Å². The molecule has 0 aliphatic carbocycles. The molecule has 16 atom stereocenters. The lowest BCUT2D eigenvalue weighted by atomic mass is 10.2. The quantitative estimate of drug-likeness (QED) is 0.226. The Morgan fingerprint density at radius 3 is 0.352 bits per heavy atom. The normalized spacial score (nSPS) is 39.3. The van der Waals surface area contributed by atoms with Gasteiger partial charge < -0.3 is 75.8 Å². The Morgan fingerprint density at radius 1 is 0.136 bits per heavy atom. The lowest BCUT2D eigenvalue weighted by Gasteiger charge is -2.41. The van der Waals surface area contributed by atoms with Crippen LogP contribution in [0, 0.1) is 0 Å². The zero-order valence-corrected chi connectivity index (χ0v) is 63.6. The molecule has 23 aliphatic rings. The fourth-order valence-electron chi connectivity index (χ4n) is 9.73. The Labute approximate surface area is 594 Å². The van der Waals surface area contributed by atoms with Crippen LogP contribution in [-0.2, 0) is 75.8 Å². The van der Waals surface area contributed by atoms with Crippen LogP contribution in [0.25, 0.3) is 0 Å². The Kier molecular flexibility index (Phi) is 42.7. The highest BCUT2D eigenvalue weighted by atomic mass is 32.2. The van der Waals surface area contributed by atoms with Crippen molar-refractivity contribution in [1.29, 1.82) is 0 Å². The Bertz CT molecular complexity index is 1410. The predicted octanol–water partition coefficient (Wildman–Crippen LogP) is 9.66. The molecule has 23 saturated heterocycles. The summed E-state index contributed by atoms with van der Waals surface area (Å²) in [5.74, 6) is 33.9. The van der Waals surface area contributed by atoms with Gasteiger partial charge in [0.05, 0.1) is 52.9 Å². The molecule has 0 radical (unpaired) electrons. The largest absolute Gasteiger partial charge is 0.349 e. The maximum absolute atomic E-state index is 6.26. The van der Waals surface area contributed by atoms with E-state index in [0.717, 1.165) is 138 Å². The Hall–Kier alpha value is 4.96. The van der Waals surface area contributed by atoms with E-state index in [0.29, 0.717) is 52.9 Å². The van der Waals surface area contributed by atoms with Crippen LogP contribution in [0.2, 0.25) is 0 Å². The van der Waals surface area contributed by atoms with Crippen molar-refractivity contribution in [2.75, 3.05) is 237 Å². The lowest BCUT2D eigenvalue weighted by molar-refractivity contribution is -0.326. The molecule has 0 spiro atoms. The average molecular weight is 1540 g/mol. The van der Waals surface area contributed by atoms with Gasteiger partial charge in [-0.2, -0.15) is 188 Å². The fourth-order valence-corrected chi connectivity index (χ4v) is 26.9. The van der Waals surface area contributed by atoms with Crippen molar-refractivity contribution in [3.8, 4) is 0 Å². The van der Waals surface area contributed by atoms with Crippen molar-refractivity contribution >= 4 is 188 Å². The molecule has 0 N–H and O–H groups in total. The minimum atomic E-state index is -0.198. The SMILES string of the molecule is C1CSCCSCC2OCC3OC(CSCCSCCSCCSCC4OCC5OC(CSCCSCCSCCSCC6OCC7OC(CSCCSCCSCCSCC8OCC9OC(CSCCS1)OCC9O8)OCC7O6)OCC5O4)OCC3O2. The molecule has 0 saturated carbocycles. The van der Waals surface area contributed by atoms with E-state index < -0.39 is 0 Å². The third-order valence-corrected chi connectivity index (χ3v) is 33.3. The van der Waals surface area contributed by atoms with Crippen LogP contribution in [0.3, 0.4) is 0 Å². The third kappa shape index (κ3) is 31.5. The summed E-state index contributed by atoms with van der Waals surface area (Å²) < 4.78 is 98.7. The van der Waals surface area contributed by atoms with E-state index in [1.54, 1.807) is 0 Å². The molecule has 16 unspecified atom stereocenters. The van der Waals surface area contributed by atoms with E-state index in [1.807, 2.05) is 188 Å². The summed E-state index contributed by atoms with van der Waals surface area (Å²) in [6.45, 7) is 4.57. The topological polar surface area (TPSA) is 148 Å². The molecule has 32 heteroatoms. The van der Waals surface area contributed by atoms with Crippen LogP contribution < -0.4 is 0 Å². The zero-order valence-electron chi connectivity index (χ0n) is 50.6. The van der Waals surface area contributed by atoms with Crippen LogP contribution in [0.4, 0.5) is 0 Å². The monoisotopic (exact) mass is 1540 g/mol. The van der Waals surface area contributed by atoms with Crippen molar-refractivity contribution in [1.82, 2.24) is 0 Å². The first-order valence-electron chi connectivity index (χ1n) is 31.1. The van der Waals surface area contributed by atoms with Crippen LogP contribution in [0.1, 0.15) is 0 Å². The molecular weight excluding hydrogens is 1440 g/mol. The summed E-state index contributed by atoms with van der Waals surface area (Å²) in [6.07, 6.45) is -2.03. The molecule has 0 aromatic carbocycles. The van der Waals surface area contributed by atoms with Gasteiger partial charge in [-0.05, 0) is 0 Å². The zero-order chi connectivity index (χ0) is 60.1. The van der Waals surface area contributed by atoms with Crippen LogP contribution in [0.5, 0.6) is 0 Å². The molecule has 16 bridgehead atoms. The minimum Gasteiger partial charge on any atom is -0.349 e. The van der Waals surface area contributed by atoms with Crippen LogP contribution in [0.15, 0.2) is 0 Å². The second kappa shape index (κ2) is 48.7. The fraction of sp³-hybridized carbons (Fsp3) is 1.00. The van der Waals surface area contributed by atoms with Gasteiger partial charge in [-0.1, -0.05) is 0 Å². The van der Waals surface area contributed by atoms with Crippen molar-refractivity contribution in [3.63, 3.8) is 0 Å². The second-order valence-electron chi connectivity index (χ2n) is 21.0. The number of hydrogen-bond acceptors (Lipinski definition) is 32. The third-order valence-electron chi connectivity index (χ3n) is 14.3. The molecule has 0 aromatic rings. The highest BCUT2D eigenvalue weighted by Gasteiger charge is 2.42. The van der Waals surface area contributed by atoms with E-state index >= 15 is 0 Å². The van der Waals surface area contributed by atoms with Crippen LogP contribution in [-0.4, -0.2) is 336 Å². The first kappa shape index (κ1) is 77.1. The van der Waals surface area contributed by atoms with Gasteiger partial charge in [0.25, 0.3) is 0 Å². The summed E-state index contributed by atoms with van der Waals surface area (Å²) >= 11 is 31.5. The van der Waals surface area contributed by atoms with E-state index in [4.69, 9.17) is 75.8 Å². The first-order chi connectivity index (χ1) is 43.7. The minimum absolute atomic E-state index is 0.0559. The highest BCUT2D eigenvalue weighted by molar-refractivity contribution is 8.07. The lowest BCUT2D eigenvalue weighted by Crippen LogP contribution is -2.54. The van der Waals surface area contributed by atoms with Gasteiger partial charge in [-0.15, -0.1) is 0 Å². The van der Waals surface area contributed by atoms with Crippen LogP contribution >= 0.6 is 188 Å². The average Bonchev–Trinajstić information content (AvgIpc) is 3.71. The molecule has 512 valence electrons. The van der Waals surface area contributed by atoms with Gasteiger partial charge in [-0.3, -0.25) is 0 Å². The number of ether oxygens (including phenoxy) is 16. The standard InChI is InChI=1S/C56H96O16S16/c1-2-74-10-18-82-34-50-58-27-44-43(66-50)28-60-52(68-44)36-84-20-12-76-5-6-78-14-22-86-38-54-62-31-48-47(70-54)32-64-56(72-48)40-88-24-16-80-8-7-79-15-23-87-39-55-63-30-45-46(71-55)29-61-53(69-45)37-85-21-13-77-4-3-75-11-19-83-35-51-59-26-41-42(67-51)25-57-49(65-41)33-81-17-9-73-1/h41-56H,1-40H2. The van der Waals surface area contributed by atoms with E-state index in [2.05, 4.69) is 0 Å². The number of rotatable bonds is 0. The summed E-state index contributed by atoms with van der Waals surface area (Å²) in [5, 5.41) is 0. The van der Waals surface area contributed by atoms with Gasteiger partial charge >= 0.3 is 0 Å². The van der Waals surface area contributed by atoms with Crippen molar-refractivity contribution in [2.45, 2.75) is 99.2 Å². The van der Waals surface area contributed by atoms with E-state index in [9.17, 15) is 0 Å². The maximum atomic E-state index is 6.26. The van der Waals surface area contributed by atoms with Gasteiger partial charge in [-0.25, -0.2) is 0 Å². The molecule has 23 heterocycles. The van der Waals surface area contributed by atoms with E-state index in [1.165, 1.54) is 46.0 Å². The molecule has 23 rings (SSSR count). The Balaban J connectivity index is 0.581. The summed E-state index contributed by atoms with van der Waals surface area (Å²) in [5.41, 5.74) is 0. The molecular formula is C56H96O16S16. The van der Waals surface area contributed by atoms with Gasteiger partial charge in [0, 0.05) is 184 Å². The predicted molar refractivity (Wildman–Crippen MR) is 394 cm³/mol. The Morgan fingerprint density at radius 2 is 0.239 bits per heavy atom. The maximum Gasteiger partial charge on any atom is 0.167 e. The molecule has 0 amide bonds. The van der Waals surface area contributed by atoms with Crippen molar-refractivity contribution in [3.05, 3.63) is 0 Å². The van der Waals surface area contributed by atoms with Crippen molar-refractivity contribution in [2.24, 2.45) is 0 Å². The summed E-state index contributed by atoms with van der Waals surface area (Å²) in [6, 6.07) is 0. The molecule has 23 aliphatic heterocycles. The summed E-state index contributed by atoms with van der Waals surface area (Å²) in [7, 11) is 0.